The van der Waals surface area contributed by atoms with Crippen LogP contribution in [0.25, 0.3) is 0 Å². The molecule has 0 radical (unpaired) electrons. The van der Waals surface area contributed by atoms with Crippen molar-refractivity contribution < 1.29 is 9.47 Å². The molecule has 0 unspecified atom stereocenters. The third kappa shape index (κ3) is 3.03. The van der Waals surface area contributed by atoms with Gasteiger partial charge in [-0.25, -0.2) is 9.97 Å². The predicted molar refractivity (Wildman–Crippen MR) is 82.7 cm³/mol. The molecule has 1 aliphatic carbocycles. The molecule has 0 aromatic carbocycles. The summed E-state index contributed by atoms with van der Waals surface area (Å²) in [6.45, 7) is 3.29. The Kier molecular flexibility index (Phi) is 4.11. The number of fused-ring (bicyclic) bond motifs is 1. The molecule has 120 valence electrons. The van der Waals surface area contributed by atoms with Crippen molar-refractivity contribution in [1.82, 2.24) is 15.3 Å². The topological polar surface area (TPSA) is 56.3 Å². The van der Waals surface area contributed by atoms with Crippen molar-refractivity contribution >= 4 is 0 Å². The van der Waals surface area contributed by atoms with Crippen LogP contribution in [0.15, 0.2) is 6.20 Å². The Hall–Kier alpha value is -1.04. The molecule has 3 aliphatic rings. The highest BCUT2D eigenvalue weighted by Gasteiger charge is 2.38. The lowest BCUT2D eigenvalue weighted by molar-refractivity contribution is -0.140. The molecular formula is C17H25N3O2. The zero-order chi connectivity index (χ0) is 14.8. The van der Waals surface area contributed by atoms with Gasteiger partial charge in [0.1, 0.15) is 5.82 Å². The van der Waals surface area contributed by atoms with Crippen molar-refractivity contribution in [3.05, 3.63) is 23.3 Å². The van der Waals surface area contributed by atoms with Gasteiger partial charge in [0.2, 0.25) is 0 Å². The maximum absolute atomic E-state index is 6.10. The van der Waals surface area contributed by atoms with Gasteiger partial charge in [-0.3, -0.25) is 0 Å². The molecule has 2 aliphatic heterocycles. The minimum Gasteiger partial charge on any atom is -0.381 e. The summed E-state index contributed by atoms with van der Waals surface area (Å²) >= 11 is 0. The van der Waals surface area contributed by atoms with Crippen molar-refractivity contribution in [1.29, 1.82) is 0 Å². The number of aromatic nitrogens is 2. The van der Waals surface area contributed by atoms with Crippen molar-refractivity contribution in [2.24, 2.45) is 0 Å². The van der Waals surface area contributed by atoms with Gasteiger partial charge in [-0.15, -0.1) is 0 Å². The van der Waals surface area contributed by atoms with Gasteiger partial charge in [-0.05, 0) is 50.5 Å². The highest BCUT2D eigenvalue weighted by molar-refractivity contribution is 5.22. The van der Waals surface area contributed by atoms with Crippen LogP contribution in [0.5, 0.6) is 0 Å². The van der Waals surface area contributed by atoms with Crippen molar-refractivity contribution in [2.75, 3.05) is 19.8 Å². The first-order chi connectivity index (χ1) is 10.8. The zero-order valence-electron chi connectivity index (χ0n) is 13.1. The van der Waals surface area contributed by atoms with Gasteiger partial charge in [-0.1, -0.05) is 0 Å². The first-order valence-electron chi connectivity index (χ1n) is 8.62. The van der Waals surface area contributed by atoms with E-state index in [9.17, 15) is 0 Å². The third-order valence-electron chi connectivity index (χ3n) is 5.31. The summed E-state index contributed by atoms with van der Waals surface area (Å²) in [7, 11) is 0. The van der Waals surface area contributed by atoms with E-state index in [4.69, 9.17) is 14.5 Å². The van der Waals surface area contributed by atoms with Crippen LogP contribution >= 0.6 is 0 Å². The van der Waals surface area contributed by atoms with Gasteiger partial charge >= 0.3 is 0 Å². The Morgan fingerprint density at radius 2 is 2.14 bits per heavy atom. The van der Waals surface area contributed by atoms with Crippen molar-refractivity contribution in [3.63, 3.8) is 0 Å². The number of ether oxygens (including phenoxy) is 2. The molecule has 1 N–H and O–H groups in total. The number of nitrogens with zero attached hydrogens (tertiary/aromatic N) is 2. The van der Waals surface area contributed by atoms with Crippen LogP contribution in [0, 0.1) is 0 Å². The van der Waals surface area contributed by atoms with Crippen LogP contribution in [0.2, 0.25) is 0 Å². The summed E-state index contributed by atoms with van der Waals surface area (Å²) in [6.07, 6.45) is 9.73. The average Bonchev–Trinajstić information content (AvgIpc) is 3.01. The summed E-state index contributed by atoms with van der Waals surface area (Å²) in [5.41, 5.74) is 2.66. The van der Waals surface area contributed by atoms with E-state index in [1.807, 2.05) is 6.20 Å². The molecule has 5 heteroatoms. The molecule has 4 rings (SSSR count). The smallest absolute Gasteiger partial charge is 0.142 e. The standard InChI is InChI=1S/C17H25N3O2/c1-2-13-11-19-16(20-15(13)3-1)12-18-14-4-7-22-17(10-14)5-8-21-9-6-17/h11,14,18H,1-10,12H2/t14-/m1/s1. The van der Waals surface area contributed by atoms with Gasteiger partial charge in [0.15, 0.2) is 0 Å². The number of aryl methyl sites for hydroxylation is 2. The second kappa shape index (κ2) is 6.22. The van der Waals surface area contributed by atoms with Gasteiger partial charge in [0, 0.05) is 37.8 Å². The maximum atomic E-state index is 6.10. The molecule has 1 aromatic heterocycles. The summed E-state index contributed by atoms with van der Waals surface area (Å²) in [5, 5.41) is 3.65. The van der Waals surface area contributed by atoms with Crippen LogP contribution in [-0.4, -0.2) is 41.4 Å². The van der Waals surface area contributed by atoms with Crippen LogP contribution in [0.1, 0.15) is 49.2 Å². The van der Waals surface area contributed by atoms with Crippen LogP contribution in [0.4, 0.5) is 0 Å². The lowest BCUT2D eigenvalue weighted by Crippen LogP contribution is -2.49. The maximum Gasteiger partial charge on any atom is 0.142 e. The van der Waals surface area contributed by atoms with Crippen molar-refractivity contribution in [2.45, 2.75) is 63.1 Å². The molecular weight excluding hydrogens is 278 g/mol. The second-order valence-corrected chi connectivity index (χ2v) is 6.83. The molecule has 2 saturated heterocycles. The lowest BCUT2D eigenvalue weighted by Gasteiger charge is -2.43. The molecule has 1 atom stereocenters. The quantitative estimate of drug-likeness (QED) is 0.922. The Labute approximate surface area is 131 Å². The van der Waals surface area contributed by atoms with E-state index in [1.165, 1.54) is 17.7 Å². The fourth-order valence-electron chi connectivity index (χ4n) is 3.97. The first kappa shape index (κ1) is 14.5. The molecule has 0 bridgehead atoms. The summed E-state index contributed by atoms with van der Waals surface area (Å²) < 4.78 is 11.6. The molecule has 1 spiro atoms. The van der Waals surface area contributed by atoms with Gasteiger partial charge < -0.3 is 14.8 Å². The molecule has 22 heavy (non-hydrogen) atoms. The lowest BCUT2D eigenvalue weighted by atomic mass is 9.84. The van der Waals surface area contributed by atoms with Gasteiger partial charge in [0.25, 0.3) is 0 Å². The van der Waals surface area contributed by atoms with Crippen LogP contribution in [0.3, 0.4) is 0 Å². The highest BCUT2D eigenvalue weighted by atomic mass is 16.5. The normalized spacial score (nSPS) is 27.0. The average molecular weight is 303 g/mol. The Bertz CT molecular complexity index is 523. The summed E-state index contributed by atoms with van der Waals surface area (Å²) in [4.78, 5) is 9.23. The predicted octanol–water partition coefficient (Wildman–Crippen LogP) is 1.78. The van der Waals surface area contributed by atoms with E-state index in [1.54, 1.807) is 0 Å². The fourth-order valence-corrected chi connectivity index (χ4v) is 3.97. The van der Waals surface area contributed by atoms with Gasteiger partial charge in [-0.2, -0.15) is 0 Å². The first-order valence-corrected chi connectivity index (χ1v) is 8.62. The minimum absolute atomic E-state index is 0.0486. The van der Waals surface area contributed by atoms with Crippen LogP contribution in [-0.2, 0) is 28.9 Å². The summed E-state index contributed by atoms with van der Waals surface area (Å²) in [6, 6.07) is 0.503. The van der Waals surface area contributed by atoms with E-state index >= 15 is 0 Å². The molecule has 5 nitrogen and oxygen atoms in total. The zero-order valence-corrected chi connectivity index (χ0v) is 13.1. The van der Waals surface area contributed by atoms with E-state index in [-0.39, 0.29) is 5.60 Å². The number of hydrogen-bond donors (Lipinski definition) is 1. The van der Waals surface area contributed by atoms with Gasteiger partial charge in [0.05, 0.1) is 12.1 Å². The Morgan fingerprint density at radius 1 is 1.23 bits per heavy atom. The van der Waals surface area contributed by atoms with Crippen LogP contribution < -0.4 is 5.32 Å². The number of nitrogens with one attached hydrogen (secondary N) is 1. The van der Waals surface area contributed by atoms with E-state index in [0.717, 1.165) is 70.7 Å². The largest absolute Gasteiger partial charge is 0.381 e. The third-order valence-corrected chi connectivity index (χ3v) is 5.31. The molecule has 1 aromatic rings. The fraction of sp³-hybridized carbons (Fsp3) is 0.765. The van der Waals surface area contributed by atoms with E-state index in [2.05, 4.69) is 10.3 Å². The second-order valence-electron chi connectivity index (χ2n) is 6.83. The summed E-state index contributed by atoms with van der Waals surface area (Å²) in [5.74, 6) is 0.938. The monoisotopic (exact) mass is 303 g/mol. The number of hydrogen-bond acceptors (Lipinski definition) is 5. The Morgan fingerprint density at radius 3 is 3.05 bits per heavy atom. The number of rotatable bonds is 3. The molecule has 2 fully saturated rings. The SMILES string of the molecule is c1nc(CN[C@@H]2CCOC3(CCOCC3)C2)nc2c1CCC2. The minimum atomic E-state index is 0.0486. The highest BCUT2D eigenvalue weighted by Crippen LogP contribution is 2.34. The van der Waals surface area contributed by atoms with Crippen molar-refractivity contribution in [3.8, 4) is 0 Å². The molecule has 0 saturated carbocycles. The molecule has 0 amide bonds. The van der Waals surface area contributed by atoms with E-state index in [0.29, 0.717) is 6.04 Å². The van der Waals surface area contributed by atoms with E-state index < -0.39 is 0 Å². The Balaban J connectivity index is 1.35. The molecule has 3 heterocycles.